The van der Waals surface area contributed by atoms with E-state index in [-0.39, 0.29) is 0 Å². The summed E-state index contributed by atoms with van der Waals surface area (Å²) in [6.45, 7) is 4.15. The Balaban J connectivity index is 2.75. The normalized spacial score (nSPS) is 14.5. The Hall–Kier alpha value is -0.0400. The largest absolute Gasteiger partial charge is 0.317 e. The minimum Gasteiger partial charge on any atom is -0.317 e. The first-order valence-electron chi connectivity index (χ1n) is 2.28. The second-order valence-corrected chi connectivity index (χ2v) is 1.41. The molecule has 0 saturated carbocycles. The summed E-state index contributed by atoms with van der Waals surface area (Å²) < 4.78 is 0. The Morgan fingerprint density at radius 3 is 2.17 bits per heavy atom. The molecule has 6 heavy (non-hydrogen) atoms. The van der Waals surface area contributed by atoms with E-state index in [4.69, 9.17) is 0 Å². The lowest BCUT2D eigenvalue weighted by Crippen LogP contribution is -2.19. The number of hydrogen-bond donors (Lipinski definition) is 1. The van der Waals surface area contributed by atoms with Gasteiger partial charge in [-0.2, -0.15) is 0 Å². The molecule has 0 aromatic heterocycles. The zero-order valence-corrected chi connectivity index (χ0v) is 4.65. The Labute approximate surface area is 39.7 Å². The summed E-state index contributed by atoms with van der Waals surface area (Å²) in [6, 6.07) is 0.560. The lowest BCUT2D eigenvalue weighted by molar-refractivity contribution is 0.687. The van der Waals surface area contributed by atoms with Gasteiger partial charge in [-0.25, -0.2) is 0 Å². The highest BCUT2D eigenvalue weighted by Crippen LogP contribution is 1.80. The monoisotopic (exact) mass is 86.1 g/mol. The highest BCUT2D eigenvalue weighted by molar-refractivity contribution is 4.70. The van der Waals surface area contributed by atoms with Crippen molar-refractivity contribution in [1.82, 2.24) is 5.32 Å². The van der Waals surface area contributed by atoms with Crippen LogP contribution in [0.5, 0.6) is 0 Å². The molecule has 1 heteroatoms. The van der Waals surface area contributed by atoms with Gasteiger partial charge in [-0.1, -0.05) is 6.92 Å². The van der Waals surface area contributed by atoms with Crippen molar-refractivity contribution in [2.24, 2.45) is 0 Å². The van der Waals surface area contributed by atoms with E-state index < -0.39 is 0 Å². The van der Waals surface area contributed by atoms with Crippen LogP contribution in [0.25, 0.3) is 0 Å². The smallest absolute Gasteiger partial charge is 0.00644 e. The topological polar surface area (TPSA) is 12.0 Å². The molecule has 1 unspecified atom stereocenters. The van der Waals surface area contributed by atoms with Gasteiger partial charge in [0.1, 0.15) is 0 Å². The van der Waals surface area contributed by atoms with Crippen LogP contribution < -0.4 is 5.32 Å². The molecular formula is C5H12N. The van der Waals surface area contributed by atoms with Gasteiger partial charge in [0.2, 0.25) is 0 Å². The minimum absolute atomic E-state index is 0.560. The van der Waals surface area contributed by atoms with Gasteiger partial charge in [-0.05, 0) is 20.4 Å². The van der Waals surface area contributed by atoms with E-state index in [1.165, 1.54) is 0 Å². The van der Waals surface area contributed by atoms with Gasteiger partial charge >= 0.3 is 0 Å². The first-order valence-corrected chi connectivity index (χ1v) is 2.28. The van der Waals surface area contributed by atoms with Gasteiger partial charge in [0.25, 0.3) is 0 Å². The third-order valence-corrected chi connectivity index (χ3v) is 0.955. The Kier molecular flexibility index (Phi) is 3.14. The molecule has 0 bridgehead atoms. The molecule has 0 aromatic rings. The molecule has 0 spiro atoms. The van der Waals surface area contributed by atoms with Crippen LogP contribution >= 0.6 is 0 Å². The van der Waals surface area contributed by atoms with Crippen molar-refractivity contribution in [2.45, 2.75) is 19.9 Å². The molecule has 1 nitrogen and oxygen atoms in total. The fourth-order valence-electron chi connectivity index (χ4n) is 0.167. The van der Waals surface area contributed by atoms with Crippen LogP contribution in [0.15, 0.2) is 0 Å². The first-order chi connectivity index (χ1) is 2.81. The Morgan fingerprint density at radius 2 is 2.17 bits per heavy atom. The Morgan fingerprint density at radius 1 is 1.67 bits per heavy atom. The van der Waals surface area contributed by atoms with Gasteiger partial charge in [-0.15, -0.1) is 0 Å². The molecular weight excluding hydrogens is 74.1 g/mol. The number of nitrogens with one attached hydrogen (secondary N) is 1. The molecule has 37 valence electrons. The fourth-order valence-corrected chi connectivity index (χ4v) is 0.167. The average Bonchev–Trinajstić information content (AvgIpc) is 1.65. The van der Waals surface area contributed by atoms with Gasteiger partial charge in [0.05, 0.1) is 0 Å². The van der Waals surface area contributed by atoms with E-state index in [1.54, 1.807) is 0 Å². The number of rotatable bonds is 2. The lowest BCUT2D eigenvalue weighted by Gasteiger charge is -2.01. The highest BCUT2D eigenvalue weighted by atomic mass is 14.8. The van der Waals surface area contributed by atoms with Gasteiger partial charge in [0.15, 0.2) is 0 Å². The van der Waals surface area contributed by atoms with Crippen LogP contribution in [0, 0.1) is 6.42 Å². The molecule has 0 aliphatic carbocycles. The molecule has 0 amide bonds. The summed E-state index contributed by atoms with van der Waals surface area (Å²) in [5.74, 6) is 0. The minimum atomic E-state index is 0.560. The Bertz CT molecular complexity index is 23.1. The maximum Gasteiger partial charge on any atom is 0.00644 e. The van der Waals surface area contributed by atoms with Crippen LogP contribution in [-0.2, 0) is 0 Å². The maximum atomic E-state index is 3.06. The molecule has 0 rings (SSSR count). The van der Waals surface area contributed by atoms with E-state index in [2.05, 4.69) is 18.7 Å². The fraction of sp³-hybridized carbons (Fsp3) is 0.800. The van der Waals surface area contributed by atoms with Gasteiger partial charge in [-0.3, -0.25) is 0 Å². The van der Waals surface area contributed by atoms with E-state index in [9.17, 15) is 0 Å². The first kappa shape index (κ1) is 5.96. The standard InChI is InChI=1S/C5H12N/c1-4-5(2)6-3/h4-6H,1-3H3. The van der Waals surface area contributed by atoms with Crippen molar-refractivity contribution in [3.05, 3.63) is 6.42 Å². The molecule has 1 N–H and O–H groups in total. The molecule has 0 heterocycles. The second kappa shape index (κ2) is 3.16. The zero-order valence-electron chi connectivity index (χ0n) is 4.65. The summed E-state index contributed by atoms with van der Waals surface area (Å²) in [6.07, 6.45) is 2.11. The van der Waals surface area contributed by atoms with Gasteiger partial charge < -0.3 is 5.32 Å². The van der Waals surface area contributed by atoms with Crippen molar-refractivity contribution < 1.29 is 0 Å². The van der Waals surface area contributed by atoms with E-state index >= 15 is 0 Å². The summed E-state index contributed by atoms with van der Waals surface area (Å²) in [4.78, 5) is 0. The summed E-state index contributed by atoms with van der Waals surface area (Å²) in [5, 5.41) is 3.06. The van der Waals surface area contributed by atoms with E-state index in [0.717, 1.165) is 0 Å². The molecule has 1 radical (unpaired) electrons. The maximum absolute atomic E-state index is 3.06. The third-order valence-electron chi connectivity index (χ3n) is 0.955. The number of hydrogen-bond acceptors (Lipinski definition) is 1. The third kappa shape index (κ3) is 2.21. The van der Waals surface area contributed by atoms with Crippen LogP contribution in [0.4, 0.5) is 0 Å². The SMILES string of the molecule is C[CH]C(C)NC. The van der Waals surface area contributed by atoms with Crippen LogP contribution in [0.3, 0.4) is 0 Å². The molecule has 0 aromatic carbocycles. The van der Waals surface area contributed by atoms with Crippen LogP contribution in [-0.4, -0.2) is 13.1 Å². The molecule has 0 fully saturated rings. The van der Waals surface area contributed by atoms with Crippen molar-refractivity contribution in [2.75, 3.05) is 7.05 Å². The summed E-state index contributed by atoms with van der Waals surface area (Å²) in [5.41, 5.74) is 0. The summed E-state index contributed by atoms with van der Waals surface area (Å²) >= 11 is 0. The predicted molar refractivity (Wildman–Crippen MR) is 28.5 cm³/mol. The van der Waals surface area contributed by atoms with Crippen molar-refractivity contribution in [3.8, 4) is 0 Å². The second-order valence-electron chi connectivity index (χ2n) is 1.41. The van der Waals surface area contributed by atoms with Crippen molar-refractivity contribution in [3.63, 3.8) is 0 Å². The summed E-state index contributed by atoms with van der Waals surface area (Å²) in [7, 11) is 1.95. The predicted octanol–water partition coefficient (Wildman–Crippen LogP) is 0.818. The molecule has 1 atom stereocenters. The molecule has 0 aliphatic rings. The zero-order chi connectivity index (χ0) is 4.99. The van der Waals surface area contributed by atoms with Crippen molar-refractivity contribution >= 4 is 0 Å². The molecule has 0 aliphatic heterocycles. The van der Waals surface area contributed by atoms with Gasteiger partial charge in [0, 0.05) is 6.04 Å². The average molecular weight is 86.2 g/mol. The quantitative estimate of drug-likeness (QED) is 0.524. The van der Waals surface area contributed by atoms with Crippen molar-refractivity contribution in [1.29, 1.82) is 0 Å². The van der Waals surface area contributed by atoms with E-state index in [1.807, 2.05) is 14.0 Å². The molecule has 0 saturated heterocycles. The van der Waals surface area contributed by atoms with Crippen LogP contribution in [0.2, 0.25) is 0 Å². The highest BCUT2D eigenvalue weighted by Gasteiger charge is 1.87. The lowest BCUT2D eigenvalue weighted by atomic mass is 10.3. The van der Waals surface area contributed by atoms with E-state index in [0.29, 0.717) is 6.04 Å². The van der Waals surface area contributed by atoms with Crippen LogP contribution in [0.1, 0.15) is 13.8 Å².